The first kappa shape index (κ1) is 10.6. The predicted octanol–water partition coefficient (Wildman–Crippen LogP) is 1.70. The molecule has 0 unspecified atom stereocenters. The van der Waals surface area contributed by atoms with Crippen molar-refractivity contribution in [1.29, 1.82) is 0 Å². The third-order valence-corrected chi connectivity index (χ3v) is 1.91. The van der Waals surface area contributed by atoms with E-state index in [0.29, 0.717) is 6.54 Å². The molecule has 0 aliphatic heterocycles. The van der Waals surface area contributed by atoms with Crippen molar-refractivity contribution in [2.45, 2.75) is 13.3 Å². The van der Waals surface area contributed by atoms with Gasteiger partial charge in [0.15, 0.2) is 0 Å². The molecule has 0 spiro atoms. The molecule has 1 rings (SSSR count). The van der Waals surface area contributed by atoms with Crippen LogP contribution in [0, 0.1) is 18.8 Å². The summed E-state index contributed by atoms with van der Waals surface area (Å²) in [5, 5.41) is 0. The summed E-state index contributed by atoms with van der Waals surface area (Å²) < 4.78 is 5.20. The van der Waals surface area contributed by atoms with Gasteiger partial charge in [0.2, 0.25) is 0 Å². The smallest absolute Gasteiger partial charge is 0.123 e. The van der Waals surface area contributed by atoms with E-state index in [1.54, 1.807) is 7.11 Å². The van der Waals surface area contributed by atoms with Gasteiger partial charge in [-0.25, -0.2) is 0 Å². The van der Waals surface area contributed by atoms with Gasteiger partial charge in [-0.05, 0) is 24.6 Å². The zero-order valence-electron chi connectivity index (χ0n) is 8.63. The molecule has 14 heavy (non-hydrogen) atoms. The molecule has 0 radical (unpaired) electrons. The molecule has 0 aliphatic carbocycles. The Kier molecular flexibility index (Phi) is 4.03. The highest BCUT2D eigenvalue weighted by atomic mass is 16.5. The van der Waals surface area contributed by atoms with Gasteiger partial charge in [0, 0.05) is 18.5 Å². The van der Waals surface area contributed by atoms with E-state index < -0.39 is 0 Å². The SMILES string of the molecule is COc1cc(C#CCCN)ccc1C. The Bertz CT molecular complexity index is 360. The van der Waals surface area contributed by atoms with Gasteiger partial charge in [-0.1, -0.05) is 17.9 Å². The molecule has 0 aliphatic rings. The first-order valence-electron chi connectivity index (χ1n) is 4.61. The summed E-state index contributed by atoms with van der Waals surface area (Å²) in [5.74, 6) is 6.91. The van der Waals surface area contributed by atoms with Crippen molar-refractivity contribution >= 4 is 0 Å². The Balaban J connectivity index is 2.86. The number of rotatable bonds is 2. The Morgan fingerprint density at radius 2 is 2.21 bits per heavy atom. The lowest BCUT2D eigenvalue weighted by Gasteiger charge is -2.03. The molecule has 0 aromatic heterocycles. The van der Waals surface area contributed by atoms with Crippen molar-refractivity contribution in [2.75, 3.05) is 13.7 Å². The standard InChI is InChI=1S/C12H15NO/c1-10-6-7-11(5-3-4-8-13)9-12(10)14-2/h6-7,9H,4,8,13H2,1-2H3. The molecule has 74 valence electrons. The summed E-state index contributed by atoms with van der Waals surface area (Å²) in [4.78, 5) is 0. The minimum absolute atomic E-state index is 0.607. The van der Waals surface area contributed by atoms with Gasteiger partial charge in [-0.3, -0.25) is 0 Å². The van der Waals surface area contributed by atoms with E-state index in [1.807, 2.05) is 25.1 Å². The Hall–Kier alpha value is -1.46. The van der Waals surface area contributed by atoms with E-state index >= 15 is 0 Å². The van der Waals surface area contributed by atoms with Gasteiger partial charge in [0.05, 0.1) is 7.11 Å². The quantitative estimate of drug-likeness (QED) is 0.719. The maximum atomic E-state index is 5.35. The lowest BCUT2D eigenvalue weighted by Crippen LogP contribution is -1.95. The summed E-state index contributed by atoms with van der Waals surface area (Å²) in [6.45, 7) is 2.62. The second-order valence-electron chi connectivity index (χ2n) is 3.02. The lowest BCUT2D eigenvalue weighted by atomic mass is 10.1. The molecular formula is C12H15NO. The van der Waals surface area contributed by atoms with E-state index in [-0.39, 0.29) is 0 Å². The third-order valence-electron chi connectivity index (χ3n) is 1.91. The molecule has 2 nitrogen and oxygen atoms in total. The number of nitrogens with two attached hydrogens (primary N) is 1. The highest BCUT2D eigenvalue weighted by Gasteiger charge is 1.97. The molecule has 0 fully saturated rings. The highest BCUT2D eigenvalue weighted by Crippen LogP contribution is 2.18. The summed E-state index contributed by atoms with van der Waals surface area (Å²) in [5.41, 5.74) is 7.44. The van der Waals surface area contributed by atoms with Crippen molar-refractivity contribution in [3.63, 3.8) is 0 Å². The average molecular weight is 189 g/mol. The van der Waals surface area contributed by atoms with Crippen molar-refractivity contribution in [3.05, 3.63) is 29.3 Å². The van der Waals surface area contributed by atoms with Crippen LogP contribution in [0.25, 0.3) is 0 Å². The van der Waals surface area contributed by atoms with E-state index in [2.05, 4.69) is 11.8 Å². The van der Waals surface area contributed by atoms with Crippen LogP contribution in [0.5, 0.6) is 5.75 Å². The van der Waals surface area contributed by atoms with E-state index in [1.165, 1.54) is 0 Å². The Morgan fingerprint density at radius 1 is 1.43 bits per heavy atom. The molecule has 0 saturated carbocycles. The molecule has 2 N–H and O–H groups in total. The molecular weight excluding hydrogens is 174 g/mol. The van der Waals surface area contributed by atoms with Crippen LogP contribution in [0.15, 0.2) is 18.2 Å². The van der Waals surface area contributed by atoms with Crippen LogP contribution in [0.4, 0.5) is 0 Å². The minimum atomic E-state index is 0.607. The molecule has 1 aromatic carbocycles. The average Bonchev–Trinajstić information content (AvgIpc) is 2.21. The van der Waals surface area contributed by atoms with Gasteiger partial charge >= 0.3 is 0 Å². The molecule has 2 heteroatoms. The second kappa shape index (κ2) is 5.31. The van der Waals surface area contributed by atoms with E-state index in [9.17, 15) is 0 Å². The molecule has 1 aromatic rings. The number of hydrogen-bond acceptors (Lipinski definition) is 2. The first-order chi connectivity index (χ1) is 6.77. The van der Waals surface area contributed by atoms with E-state index in [4.69, 9.17) is 10.5 Å². The fourth-order valence-corrected chi connectivity index (χ4v) is 1.13. The molecule has 0 heterocycles. The van der Waals surface area contributed by atoms with Gasteiger partial charge in [0.1, 0.15) is 5.75 Å². The molecule has 0 amide bonds. The predicted molar refractivity (Wildman–Crippen MR) is 58.3 cm³/mol. The first-order valence-corrected chi connectivity index (χ1v) is 4.61. The maximum absolute atomic E-state index is 5.35. The number of benzene rings is 1. The van der Waals surface area contributed by atoms with Crippen LogP contribution in [0.2, 0.25) is 0 Å². The van der Waals surface area contributed by atoms with Gasteiger partial charge in [-0.15, -0.1) is 0 Å². The van der Waals surface area contributed by atoms with E-state index in [0.717, 1.165) is 23.3 Å². The van der Waals surface area contributed by atoms with Crippen molar-refractivity contribution in [3.8, 4) is 17.6 Å². The number of ether oxygens (including phenoxy) is 1. The fraction of sp³-hybridized carbons (Fsp3) is 0.333. The van der Waals surface area contributed by atoms with Gasteiger partial charge in [0.25, 0.3) is 0 Å². The normalized spacial score (nSPS) is 9.07. The van der Waals surface area contributed by atoms with Crippen LogP contribution < -0.4 is 10.5 Å². The van der Waals surface area contributed by atoms with Crippen molar-refractivity contribution in [1.82, 2.24) is 0 Å². The fourth-order valence-electron chi connectivity index (χ4n) is 1.13. The molecule has 0 saturated heterocycles. The zero-order chi connectivity index (χ0) is 10.4. The number of methoxy groups -OCH3 is 1. The largest absolute Gasteiger partial charge is 0.496 e. The monoisotopic (exact) mass is 189 g/mol. The van der Waals surface area contributed by atoms with Crippen LogP contribution >= 0.6 is 0 Å². The van der Waals surface area contributed by atoms with Crippen LogP contribution in [-0.4, -0.2) is 13.7 Å². The summed E-state index contributed by atoms with van der Waals surface area (Å²) >= 11 is 0. The van der Waals surface area contributed by atoms with Crippen LogP contribution in [0.1, 0.15) is 17.5 Å². The van der Waals surface area contributed by atoms with Gasteiger partial charge < -0.3 is 10.5 Å². The lowest BCUT2D eigenvalue weighted by molar-refractivity contribution is 0.411. The molecule has 0 atom stereocenters. The summed E-state index contributed by atoms with van der Waals surface area (Å²) in [7, 11) is 1.67. The number of hydrogen-bond donors (Lipinski definition) is 1. The van der Waals surface area contributed by atoms with Crippen molar-refractivity contribution in [2.24, 2.45) is 5.73 Å². The third kappa shape index (κ3) is 2.79. The second-order valence-corrected chi connectivity index (χ2v) is 3.02. The molecule has 0 bridgehead atoms. The number of aryl methyl sites for hydroxylation is 1. The summed E-state index contributed by atoms with van der Waals surface area (Å²) in [6, 6.07) is 5.94. The van der Waals surface area contributed by atoms with Crippen LogP contribution in [-0.2, 0) is 0 Å². The summed E-state index contributed by atoms with van der Waals surface area (Å²) in [6.07, 6.45) is 0.732. The Labute approximate surface area is 85.1 Å². The van der Waals surface area contributed by atoms with Crippen LogP contribution in [0.3, 0.4) is 0 Å². The zero-order valence-corrected chi connectivity index (χ0v) is 8.63. The van der Waals surface area contributed by atoms with Gasteiger partial charge in [-0.2, -0.15) is 0 Å². The Morgan fingerprint density at radius 3 is 2.86 bits per heavy atom. The van der Waals surface area contributed by atoms with Crippen molar-refractivity contribution < 1.29 is 4.74 Å². The highest BCUT2D eigenvalue weighted by molar-refractivity contribution is 5.44. The maximum Gasteiger partial charge on any atom is 0.123 e. The minimum Gasteiger partial charge on any atom is -0.496 e. The topological polar surface area (TPSA) is 35.2 Å².